The van der Waals surface area contributed by atoms with Crippen molar-refractivity contribution in [3.63, 3.8) is 0 Å². The number of rotatable bonds is 7. The highest BCUT2D eigenvalue weighted by molar-refractivity contribution is 5.83. The first-order valence-electron chi connectivity index (χ1n) is 5.35. The highest BCUT2D eigenvalue weighted by atomic mass is 16.4. The van der Waals surface area contributed by atoms with Crippen molar-refractivity contribution in [1.29, 1.82) is 0 Å². The molecule has 0 aliphatic rings. The SMILES string of the molecule is CCCCCC(=O)NCC(C)C(N)=NO. The van der Waals surface area contributed by atoms with Crippen LogP contribution in [-0.4, -0.2) is 23.5 Å². The summed E-state index contributed by atoms with van der Waals surface area (Å²) in [6.45, 7) is 4.31. The molecule has 0 aromatic carbocycles. The maximum Gasteiger partial charge on any atom is 0.220 e. The molecule has 15 heavy (non-hydrogen) atoms. The molecule has 0 aliphatic heterocycles. The third-order valence-corrected chi connectivity index (χ3v) is 2.23. The lowest BCUT2D eigenvalue weighted by Gasteiger charge is -2.10. The van der Waals surface area contributed by atoms with Gasteiger partial charge >= 0.3 is 0 Å². The van der Waals surface area contributed by atoms with E-state index in [1.165, 1.54) is 0 Å². The number of unbranched alkanes of at least 4 members (excludes halogenated alkanes) is 2. The molecular formula is C10H21N3O2. The Morgan fingerprint density at radius 1 is 1.53 bits per heavy atom. The van der Waals surface area contributed by atoms with Gasteiger partial charge in [-0.1, -0.05) is 31.8 Å². The normalized spacial score (nSPS) is 13.6. The van der Waals surface area contributed by atoms with Crippen molar-refractivity contribution in [2.24, 2.45) is 16.8 Å². The van der Waals surface area contributed by atoms with Crippen LogP contribution in [0.5, 0.6) is 0 Å². The predicted molar refractivity (Wildman–Crippen MR) is 59.7 cm³/mol. The number of oxime groups is 1. The third kappa shape index (κ3) is 6.76. The van der Waals surface area contributed by atoms with Crippen LogP contribution in [0.25, 0.3) is 0 Å². The highest BCUT2D eigenvalue weighted by Gasteiger charge is 2.08. The maximum atomic E-state index is 11.3. The Morgan fingerprint density at radius 3 is 2.73 bits per heavy atom. The molecular weight excluding hydrogens is 194 g/mol. The van der Waals surface area contributed by atoms with Gasteiger partial charge in [-0.25, -0.2) is 0 Å². The summed E-state index contributed by atoms with van der Waals surface area (Å²) in [6.07, 6.45) is 3.65. The van der Waals surface area contributed by atoms with E-state index in [0.29, 0.717) is 13.0 Å². The topological polar surface area (TPSA) is 87.7 Å². The number of nitrogens with one attached hydrogen (secondary N) is 1. The van der Waals surface area contributed by atoms with Crippen molar-refractivity contribution < 1.29 is 10.0 Å². The van der Waals surface area contributed by atoms with Crippen LogP contribution in [0.15, 0.2) is 5.16 Å². The van der Waals surface area contributed by atoms with Crippen LogP contribution in [0.1, 0.15) is 39.5 Å². The van der Waals surface area contributed by atoms with E-state index in [2.05, 4.69) is 17.4 Å². The first kappa shape index (κ1) is 13.7. The van der Waals surface area contributed by atoms with Gasteiger partial charge in [0.15, 0.2) is 0 Å². The van der Waals surface area contributed by atoms with Crippen LogP contribution in [-0.2, 0) is 4.79 Å². The number of hydrogen-bond acceptors (Lipinski definition) is 3. The molecule has 1 atom stereocenters. The standard InChI is InChI=1S/C10H21N3O2/c1-3-4-5-6-9(14)12-7-8(2)10(11)13-15/h8,15H,3-7H2,1-2H3,(H2,11,13)(H,12,14). The molecule has 0 saturated carbocycles. The monoisotopic (exact) mass is 215 g/mol. The molecule has 5 heteroatoms. The van der Waals surface area contributed by atoms with E-state index in [-0.39, 0.29) is 17.7 Å². The number of nitrogens with two attached hydrogens (primary N) is 1. The van der Waals surface area contributed by atoms with Gasteiger partial charge in [0.2, 0.25) is 5.91 Å². The number of amidine groups is 1. The van der Waals surface area contributed by atoms with E-state index in [1.54, 1.807) is 6.92 Å². The van der Waals surface area contributed by atoms with Gasteiger partial charge in [-0.3, -0.25) is 4.79 Å². The summed E-state index contributed by atoms with van der Waals surface area (Å²) in [5, 5.41) is 14.0. The zero-order chi connectivity index (χ0) is 11.7. The van der Waals surface area contributed by atoms with Gasteiger partial charge in [-0.15, -0.1) is 0 Å². The first-order valence-corrected chi connectivity index (χ1v) is 5.35. The molecule has 0 bridgehead atoms. The minimum absolute atomic E-state index is 0.0287. The molecule has 0 aromatic heterocycles. The molecule has 5 nitrogen and oxygen atoms in total. The smallest absolute Gasteiger partial charge is 0.220 e. The first-order chi connectivity index (χ1) is 7.11. The quantitative estimate of drug-likeness (QED) is 0.195. The Kier molecular flexibility index (Phi) is 7.40. The lowest BCUT2D eigenvalue weighted by atomic mass is 10.1. The summed E-state index contributed by atoms with van der Waals surface area (Å²) in [5.74, 6) is 0.0371. The Morgan fingerprint density at radius 2 is 2.20 bits per heavy atom. The van der Waals surface area contributed by atoms with Crippen LogP contribution in [0, 0.1) is 5.92 Å². The fourth-order valence-electron chi connectivity index (χ4n) is 1.09. The van der Waals surface area contributed by atoms with Crippen LogP contribution in [0.2, 0.25) is 0 Å². The molecule has 0 heterocycles. The summed E-state index contributed by atoms with van der Waals surface area (Å²) in [7, 11) is 0. The fraction of sp³-hybridized carbons (Fsp3) is 0.800. The average molecular weight is 215 g/mol. The summed E-state index contributed by atoms with van der Waals surface area (Å²) < 4.78 is 0. The molecule has 0 saturated heterocycles. The van der Waals surface area contributed by atoms with Gasteiger partial charge < -0.3 is 16.3 Å². The minimum atomic E-state index is -0.134. The van der Waals surface area contributed by atoms with Gasteiger partial charge in [-0.2, -0.15) is 0 Å². The molecule has 4 N–H and O–H groups in total. The second-order valence-corrected chi connectivity index (χ2v) is 3.69. The second-order valence-electron chi connectivity index (χ2n) is 3.69. The Hall–Kier alpha value is -1.26. The van der Waals surface area contributed by atoms with Crippen molar-refractivity contribution in [3.05, 3.63) is 0 Å². The van der Waals surface area contributed by atoms with E-state index < -0.39 is 0 Å². The van der Waals surface area contributed by atoms with Gasteiger partial charge in [0.1, 0.15) is 5.84 Å². The van der Waals surface area contributed by atoms with Gasteiger partial charge in [0, 0.05) is 18.9 Å². The second kappa shape index (κ2) is 8.08. The molecule has 0 rings (SSSR count). The average Bonchev–Trinajstić information content (AvgIpc) is 2.25. The molecule has 0 fully saturated rings. The summed E-state index contributed by atoms with van der Waals surface area (Å²) >= 11 is 0. The van der Waals surface area contributed by atoms with E-state index in [0.717, 1.165) is 19.3 Å². The zero-order valence-corrected chi connectivity index (χ0v) is 9.49. The number of carbonyl (C=O) groups excluding carboxylic acids is 1. The molecule has 0 radical (unpaired) electrons. The maximum absolute atomic E-state index is 11.3. The molecule has 1 unspecified atom stereocenters. The van der Waals surface area contributed by atoms with Crippen molar-refractivity contribution in [1.82, 2.24) is 5.32 Å². The number of carbonyl (C=O) groups is 1. The molecule has 0 aromatic rings. The van der Waals surface area contributed by atoms with Crippen molar-refractivity contribution in [2.75, 3.05) is 6.54 Å². The van der Waals surface area contributed by atoms with Crippen molar-refractivity contribution in [2.45, 2.75) is 39.5 Å². The van der Waals surface area contributed by atoms with Crippen molar-refractivity contribution >= 4 is 11.7 Å². The minimum Gasteiger partial charge on any atom is -0.409 e. The summed E-state index contributed by atoms with van der Waals surface area (Å²) in [4.78, 5) is 11.3. The highest BCUT2D eigenvalue weighted by Crippen LogP contribution is 1.99. The molecule has 88 valence electrons. The Bertz CT molecular complexity index is 217. The lowest BCUT2D eigenvalue weighted by Crippen LogP contribution is -2.34. The summed E-state index contributed by atoms with van der Waals surface area (Å²) in [6, 6.07) is 0. The molecule has 1 amide bonds. The fourth-order valence-corrected chi connectivity index (χ4v) is 1.09. The van der Waals surface area contributed by atoms with Crippen molar-refractivity contribution in [3.8, 4) is 0 Å². The summed E-state index contributed by atoms with van der Waals surface area (Å²) in [5.41, 5.74) is 5.37. The van der Waals surface area contributed by atoms with Crippen LogP contribution in [0.3, 0.4) is 0 Å². The van der Waals surface area contributed by atoms with Gasteiger partial charge in [-0.05, 0) is 6.42 Å². The van der Waals surface area contributed by atoms with Crippen LogP contribution >= 0.6 is 0 Å². The number of amides is 1. The Labute approximate surface area is 90.7 Å². The van der Waals surface area contributed by atoms with Crippen LogP contribution in [0.4, 0.5) is 0 Å². The van der Waals surface area contributed by atoms with Gasteiger partial charge in [0.25, 0.3) is 0 Å². The number of hydrogen-bond donors (Lipinski definition) is 3. The van der Waals surface area contributed by atoms with Gasteiger partial charge in [0.05, 0.1) is 0 Å². The molecule has 0 aliphatic carbocycles. The third-order valence-electron chi connectivity index (χ3n) is 2.23. The molecule has 0 spiro atoms. The van der Waals surface area contributed by atoms with E-state index >= 15 is 0 Å². The predicted octanol–water partition coefficient (Wildman–Crippen LogP) is 1.07. The Balaban J connectivity index is 3.62. The number of nitrogens with zero attached hydrogens (tertiary/aromatic N) is 1. The lowest BCUT2D eigenvalue weighted by molar-refractivity contribution is -0.121. The van der Waals surface area contributed by atoms with Crippen LogP contribution < -0.4 is 11.1 Å². The largest absolute Gasteiger partial charge is 0.409 e. The zero-order valence-electron chi connectivity index (χ0n) is 9.49. The van der Waals surface area contributed by atoms with E-state index in [9.17, 15) is 4.79 Å². The van der Waals surface area contributed by atoms with E-state index in [1.807, 2.05) is 0 Å². The van der Waals surface area contributed by atoms with E-state index in [4.69, 9.17) is 10.9 Å².